The molecule has 1 N–H and O–H groups in total. The van der Waals surface area contributed by atoms with E-state index in [0.717, 1.165) is 41.5 Å². The molecule has 0 spiro atoms. The summed E-state index contributed by atoms with van der Waals surface area (Å²) in [5.41, 5.74) is 6.07. The normalized spacial score (nSPS) is 12.6. The lowest BCUT2D eigenvalue weighted by Gasteiger charge is -2.10. The van der Waals surface area contributed by atoms with Crippen molar-refractivity contribution in [3.8, 4) is 0 Å². The van der Waals surface area contributed by atoms with Crippen molar-refractivity contribution < 1.29 is 18.7 Å². The van der Waals surface area contributed by atoms with Gasteiger partial charge in [-0.05, 0) is 68.0 Å². The van der Waals surface area contributed by atoms with Crippen LogP contribution in [0.25, 0.3) is 11.0 Å². The van der Waals surface area contributed by atoms with Crippen LogP contribution in [0.2, 0.25) is 0 Å². The second-order valence-electron chi connectivity index (χ2n) is 8.08. The van der Waals surface area contributed by atoms with Crippen LogP contribution < -0.4 is 10.9 Å². The molecular weight excluding hydrogens is 426 g/mol. The lowest BCUT2D eigenvalue weighted by Crippen LogP contribution is -2.17. The number of amides is 1. The number of rotatable bonds is 7. The minimum atomic E-state index is -0.459. The Morgan fingerprint density at radius 2 is 1.84 bits per heavy atom. The summed E-state index contributed by atoms with van der Waals surface area (Å²) in [5.74, 6) is -0.409. The first-order chi connectivity index (χ1) is 15.4. The molecule has 7 heteroatoms. The molecule has 0 unspecified atom stereocenters. The molecule has 1 heterocycles. The fourth-order valence-corrected chi connectivity index (χ4v) is 4.59. The molecule has 0 fully saturated rings. The Morgan fingerprint density at radius 1 is 1.06 bits per heavy atom. The summed E-state index contributed by atoms with van der Waals surface area (Å²) in [6.45, 7) is 3.93. The van der Waals surface area contributed by atoms with Crippen molar-refractivity contribution in [2.24, 2.45) is 0 Å². The molecule has 166 valence electrons. The van der Waals surface area contributed by atoms with Crippen molar-refractivity contribution >= 4 is 40.3 Å². The number of ether oxygens (including phenoxy) is 1. The minimum absolute atomic E-state index is 0.00492. The predicted octanol–water partition coefficient (Wildman–Crippen LogP) is 4.31. The molecule has 3 aromatic rings. The number of carbonyl (C=O) groups is 2. The average Bonchev–Trinajstić information content (AvgIpc) is 3.20. The zero-order valence-corrected chi connectivity index (χ0v) is 19.0. The minimum Gasteiger partial charge on any atom is -0.460 e. The fraction of sp³-hybridized carbons (Fsp3) is 0.320. The number of carbonyl (C=O) groups excluding carboxylic acids is 2. The number of thioether (sulfide) groups is 1. The number of anilines is 1. The summed E-state index contributed by atoms with van der Waals surface area (Å²) < 4.78 is 10.7. The van der Waals surface area contributed by atoms with E-state index in [1.54, 1.807) is 0 Å². The van der Waals surface area contributed by atoms with E-state index < -0.39 is 11.6 Å². The van der Waals surface area contributed by atoms with Gasteiger partial charge in [-0.1, -0.05) is 17.7 Å². The van der Waals surface area contributed by atoms with E-state index in [0.29, 0.717) is 11.1 Å². The summed E-state index contributed by atoms with van der Waals surface area (Å²) in [4.78, 5) is 36.3. The number of fused-ring (bicyclic) bond motifs is 2. The Balaban J connectivity index is 1.30. The van der Waals surface area contributed by atoms with Crippen LogP contribution in [-0.2, 0) is 33.8 Å². The second-order valence-corrected chi connectivity index (χ2v) is 9.07. The summed E-state index contributed by atoms with van der Waals surface area (Å²) in [5, 5.41) is 3.66. The highest BCUT2D eigenvalue weighted by Crippen LogP contribution is 2.28. The molecule has 0 saturated carbocycles. The third kappa shape index (κ3) is 5.22. The summed E-state index contributed by atoms with van der Waals surface area (Å²) in [6.07, 6.45) is 3.08. The fourth-order valence-electron chi connectivity index (χ4n) is 3.98. The largest absolute Gasteiger partial charge is 0.460 e. The molecular formula is C25H25NO5S. The first-order valence-electron chi connectivity index (χ1n) is 10.6. The van der Waals surface area contributed by atoms with Crippen molar-refractivity contribution in [2.45, 2.75) is 39.7 Å². The van der Waals surface area contributed by atoms with Crippen LogP contribution in [0.15, 0.2) is 45.6 Å². The van der Waals surface area contributed by atoms with Gasteiger partial charge in [0.15, 0.2) is 0 Å². The van der Waals surface area contributed by atoms with Gasteiger partial charge >= 0.3 is 11.6 Å². The SMILES string of the molecule is Cc1ccc(NC(=O)CSCC(=O)OCc2cc(=O)oc3cc4c(cc23)CCC4)c(C)c1. The first-order valence-corrected chi connectivity index (χ1v) is 11.7. The molecule has 0 atom stereocenters. The molecule has 1 aliphatic rings. The van der Waals surface area contributed by atoms with Crippen LogP contribution in [0, 0.1) is 13.8 Å². The maximum atomic E-state index is 12.2. The van der Waals surface area contributed by atoms with Crippen LogP contribution >= 0.6 is 11.8 Å². The van der Waals surface area contributed by atoms with Crippen molar-refractivity contribution in [2.75, 3.05) is 16.8 Å². The summed E-state index contributed by atoms with van der Waals surface area (Å²) in [7, 11) is 0. The van der Waals surface area contributed by atoms with Gasteiger partial charge in [0, 0.05) is 22.7 Å². The molecule has 0 saturated heterocycles. The maximum Gasteiger partial charge on any atom is 0.336 e. The number of nitrogens with one attached hydrogen (secondary N) is 1. The highest BCUT2D eigenvalue weighted by atomic mass is 32.2. The van der Waals surface area contributed by atoms with Gasteiger partial charge < -0.3 is 14.5 Å². The quantitative estimate of drug-likeness (QED) is 0.426. The van der Waals surface area contributed by atoms with Crippen LogP contribution in [0.3, 0.4) is 0 Å². The van der Waals surface area contributed by atoms with Crippen molar-refractivity contribution in [1.82, 2.24) is 0 Å². The number of hydrogen-bond acceptors (Lipinski definition) is 6. The first kappa shape index (κ1) is 22.1. The van der Waals surface area contributed by atoms with Crippen LogP contribution in [-0.4, -0.2) is 23.4 Å². The van der Waals surface area contributed by atoms with E-state index in [9.17, 15) is 14.4 Å². The summed E-state index contributed by atoms with van der Waals surface area (Å²) >= 11 is 1.19. The lowest BCUT2D eigenvalue weighted by molar-refractivity contribution is -0.141. The van der Waals surface area contributed by atoms with E-state index in [1.165, 1.54) is 29.0 Å². The number of benzene rings is 2. The van der Waals surface area contributed by atoms with Gasteiger partial charge in [-0.15, -0.1) is 11.8 Å². The third-order valence-electron chi connectivity index (χ3n) is 5.54. The van der Waals surface area contributed by atoms with Crippen molar-refractivity contribution in [3.63, 3.8) is 0 Å². The van der Waals surface area contributed by atoms with E-state index in [2.05, 4.69) is 5.32 Å². The summed E-state index contributed by atoms with van der Waals surface area (Å²) in [6, 6.07) is 11.2. The molecule has 32 heavy (non-hydrogen) atoms. The highest BCUT2D eigenvalue weighted by molar-refractivity contribution is 8.00. The van der Waals surface area contributed by atoms with Crippen LogP contribution in [0.5, 0.6) is 0 Å². The Morgan fingerprint density at radius 3 is 2.62 bits per heavy atom. The van der Waals surface area contributed by atoms with Crippen molar-refractivity contribution in [1.29, 1.82) is 0 Å². The van der Waals surface area contributed by atoms with Crippen LogP contribution in [0.4, 0.5) is 5.69 Å². The van der Waals surface area contributed by atoms with Gasteiger partial charge in [0.1, 0.15) is 12.2 Å². The molecule has 0 aliphatic heterocycles. The van der Waals surface area contributed by atoms with Gasteiger partial charge in [0.2, 0.25) is 5.91 Å². The molecule has 2 aromatic carbocycles. The van der Waals surface area contributed by atoms with Gasteiger partial charge in [0.25, 0.3) is 0 Å². The number of aryl methyl sites for hydroxylation is 4. The van der Waals surface area contributed by atoms with E-state index in [4.69, 9.17) is 9.15 Å². The highest BCUT2D eigenvalue weighted by Gasteiger charge is 2.16. The zero-order chi connectivity index (χ0) is 22.7. The Bertz CT molecular complexity index is 1250. The standard InChI is InChI=1S/C25H25NO5S/c1-15-6-7-21(16(2)8-15)26-23(27)13-32-14-25(29)30-12-19-11-24(28)31-22-10-18-5-3-4-17(18)9-20(19)22/h6-11H,3-5,12-14H2,1-2H3,(H,26,27). The Kier molecular flexibility index (Phi) is 6.65. The number of esters is 1. The van der Waals surface area contributed by atoms with E-state index >= 15 is 0 Å². The van der Waals surface area contributed by atoms with Gasteiger partial charge in [-0.25, -0.2) is 4.79 Å². The Hall–Kier alpha value is -3.06. The zero-order valence-electron chi connectivity index (χ0n) is 18.2. The molecule has 0 radical (unpaired) electrons. The molecule has 0 bridgehead atoms. The smallest absolute Gasteiger partial charge is 0.336 e. The van der Waals surface area contributed by atoms with Crippen molar-refractivity contribution in [3.05, 3.63) is 74.6 Å². The van der Waals surface area contributed by atoms with Gasteiger partial charge in [0.05, 0.1) is 11.5 Å². The van der Waals surface area contributed by atoms with Crippen LogP contribution in [0.1, 0.15) is 34.2 Å². The maximum absolute atomic E-state index is 12.2. The van der Waals surface area contributed by atoms with Gasteiger partial charge in [-0.3, -0.25) is 9.59 Å². The average molecular weight is 452 g/mol. The molecule has 4 rings (SSSR count). The molecule has 1 amide bonds. The second kappa shape index (κ2) is 9.61. The molecule has 1 aromatic heterocycles. The monoisotopic (exact) mass is 451 g/mol. The van der Waals surface area contributed by atoms with E-state index in [-0.39, 0.29) is 24.0 Å². The Labute approximate surface area is 190 Å². The van der Waals surface area contributed by atoms with E-state index in [1.807, 2.05) is 44.2 Å². The third-order valence-corrected chi connectivity index (χ3v) is 6.45. The molecule has 6 nitrogen and oxygen atoms in total. The molecule has 1 aliphatic carbocycles. The lowest BCUT2D eigenvalue weighted by atomic mass is 10.0. The predicted molar refractivity (Wildman–Crippen MR) is 126 cm³/mol. The number of hydrogen-bond donors (Lipinski definition) is 1. The van der Waals surface area contributed by atoms with Gasteiger partial charge in [-0.2, -0.15) is 0 Å². The topological polar surface area (TPSA) is 85.6 Å².